The highest BCUT2D eigenvalue weighted by Gasteiger charge is 2.10. The molecule has 0 radical (unpaired) electrons. The summed E-state index contributed by atoms with van der Waals surface area (Å²) in [5.74, 6) is 1.22. The molecular weight excluding hydrogens is 388 g/mol. The minimum absolute atomic E-state index is 0.0735. The van der Waals surface area contributed by atoms with Crippen molar-refractivity contribution >= 4 is 34.3 Å². The number of rotatable bonds is 7. The number of oxazole rings is 1. The van der Waals surface area contributed by atoms with Crippen molar-refractivity contribution in [3.8, 4) is 17.2 Å². The summed E-state index contributed by atoms with van der Waals surface area (Å²) in [7, 11) is 0. The average Bonchev–Trinajstić information content (AvgIpc) is 3.15. The van der Waals surface area contributed by atoms with Gasteiger partial charge < -0.3 is 14.5 Å². The van der Waals surface area contributed by atoms with Crippen LogP contribution in [0.25, 0.3) is 22.6 Å². The van der Waals surface area contributed by atoms with Crippen LogP contribution in [0.2, 0.25) is 5.02 Å². The second-order valence-corrected chi connectivity index (χ2v) is 6.96. The van der Waals surface area contributed by atoms with Crippen LogP contribution in [-0.2, 0) is 4.79 Å². The molecule has 0 unspecified atom stereocenters. The molecule has 3 aromatic carbocycles. The van der Waals surface area contributed by atoms with Crippen molar-refractivity contribution in [1.82, 2.24) is 4.98 Å². The maximum absolute atomic E-state index is 12.2. The van der Waals surface area contributed by atoms with Crippen LogP contribution >= 0.6 is 11.6 Å². The van der Waals surface area contributed by atoms with E-state index in [1.165, 1.54) is 0 Å². The number of halogens is 1. The normalized spacial score (nSPS) is 10.8. The van der Waals surface area contributed by atoms with Gasteiger partial charge in [0.15, 0.2) is 5.58 Å². The van der Waals surface area contributed by atoms with Crippen molar-refractivity contribution in [2.24, 2.45) is 0 Å². The Morgan fingerprint density at radius 1 is 1.03 bits per heavy atom. The molecule has 1 heterocycles. The number of benzene rings is 3. The molecule has 4 rings (SSSR count). The molecule has 0 aliphatic heterocycles. The van der Waals surface area contributed by atoms with Gasteiger partial charge in [-0.15, -0.1) is 0 Å². The molecule has 0 fully saturated rings. The van der Waals surface area contributed by atoms with Crippen LogP contribution in [-0.4, -0.2) is 17.5 Å². The van der Waals surface area contributed by atoms with Gasteiger partial charge in [0.2, 0.25) is 11.8 Å². The fourth-order valence-corrected chi connectivity index (χ4v) is 3.10. The average molecular weight is 407 g/mol. The lowest BCUT2D eigenvalue weighted by Gasteiger charge is -2.07. The molecule has 0 aliphatic rings. The van der Waals surface area contributed by atoms with Gasteiger partial charge in [-0.25, -0.2) is 4.98 Å². The van der Waals surface area contributed by atoms with Crippen LogP contribution < -0.4 is 10.1 Å². The number of hydrogen-bond donors (Lipinski definition) is 1. The molecule has 0 saturated heterocycles. The zero-order chi connectivity index (χ0) is 20.1. The van der Waals surface area contributed by atoms with Crippen LogP contribution in [0, 0.1) is 0 Å². The van der Waals surface area contributed by atoms with Gasteiger partial charge in [-0.1, -0.05) is 35.9 Å². The molecule has 0 atom stereocenters. The van der Waals surface area contributed by atoms with Crippen molar-refractivity contribution < 1.29 is 13.9 Å². The first-order chi connectivity index (χ1) is 14.2. The van der Waals surface area contributed by atoms with E-state index in [4.69, 9.17) is 20.8 Å². The Kier molecular flexibility index (Phi) is 5.77. The molecule has 0 spiro atoms. The quantitative estimate of drug-likeness (QED) is 0.385. The second-order valence-electron chi connectivity index (χ2n) is 6.53. The number of para-hydroxylation sites is 1. The Morgan fingerprint density at radius 3 is 2.72 bits per heavy atom. The van der Waals surface area contributed by atoms with E-state index in [1.54, 1.807) is 18.2 Å². The number of aromatic nitrogens is 1. The first-order valence-electron chi connectivity index (χ1n) is 9.32. The topological polar surface area (TPSA) is 64.4 Å². The number of nitrogens with one attached hydrogen (secondary N) is 1. The maximum Gasteiger partial charge on any atom is 0.227 e. The minimum atomic E-state index is -0.0735. The molecule has 1 aromatic heterocycles. The summed E-state index contributed by atoms with van der Waals surface area (Å²) < 4.78 is 11.4. The summed E-state index contributed by atoms with van der Waals surface area (Å²) in [5.41, 5.74) is 2.79. The number of nitrogens with zero attached hydrogens (tertiary/aromatic N) is 1. The van der Waals surface area contributed by atoms with Gasteiger partial charge in [0.25, 0.3) is 0 Å². The summed E-state index contributed by atoms with van der Waals surface area (Å²) in [4.78, 5) is 16.7. The standard InChI is InChI=1S/C23H19ClN2O3/c24-17-7-4-6-16(14-17)23-26-20-12-11-18(15-21(20)29-23)25-22(27)10-5-13-28-19-8-2-1-3-9-19/h1-4,6-9,11-12,14-15H,5,10,13H2,(H,25,27). The highest BCUT2D eigenvalue weighted by atomic mass is 35.5. The Hall–Kier alpha value is -3.31. The van der Waals surface area contributed by atoms with E-state index < -0.39 is 0 Å². The molecule has 0 aliphatic carbocycles. The van der Waals surface area contributed by atoms with Crippen molar-refractivity contribution in [3.63, 3.8) is 0 Å². The Labute approximate surface area is 173 Å². The molecule has 29 heavy (non-hydrogen) atoms. The summed E-state index contributed by atoms with van der Waals surface area (Å²) in [5, 5.41) is 3.51. The molecular formula is C23H19ClN2O3. The highest BCUT2D eigenvalue weighted by Crippen LogP contribution is 2.27. The van der Waals surface area contributed by atoms with Crippen LogP contribution in [0.4, 0.5) is 5.69 Å². The zero-order valence-corrected chi connectivity index (χ0v) is 16.4. The van der Waals surface area contributed by atoms with Crippen LogP contribution in [0.3, 0.4) is 0 Å². The smallest absolute Gasteiger partial charge is 0.227 e. The third-order valence-electron chi connectivity index (χ3n) is 4.30. The Bertz CT molecular complexity index is 1130. The summed E-state index contributed by atoms with van der Waals surface area (Å²) in [6.07, 6.45) is 0.999. The Balaban J connectivity index is 1.35. The molecule has 4 aromatic rings. The number of carbonyl (C=O) groups excluding carboxylic acids is 1. The predicted octanol–water partition coefficient (Wildman–Crippen LogP) is 5.95. The number of anilines is 1. The summed E-state index contributed by atoms with van der Waals surface area (Å²) >= 11 is 6.04. The zero-order valence-electron chi connectivity index (χ0n) is 15.6. The number of hydrogen-bond acceptors (Lipinski definition) is 4. The van der Waals surface area contributed by atoms with Crippen molar-refractivity contribution in [2.45, 2.75) is 12.8 Å². The molecule has 1 amide bonds. The van der Waals surface area contributed by atoms with Gasteiger partial charge in [0.1, 0.15) is 11.3 Å². The summed E-state index contributed by atoms with van der Waals surface area (Å²) in [6.45, 7) is 0.488. The molecule has 0 saturated carbocycles. The third-order valence-corrected chi connectivity index (χ3v) is 4.54. The van der Waals surface area contributed by atoms with Gasteiger partial charge >= 0.3 is 0 Å². The first-order valence-corrected chi connectivity index (χ1v) is 9.69. The van der Waals surface area contributed by atoms with E-state index in [0.29, 0.717) is 47.1 Å². The monoisotopic (exact) mass is 406 g/mol. The van der Waals surface area contributed by atoms with E-state index in [2.05, 4.69) is 10.3 Å². The summed E-state index contributed by atoms with van der Waals surface area (Å²) in [6, 6.07) is 22.3. The van der Waals surface area contributed by atoms with Gasteiger partial charge in [-0.2, -0.15) is 0 Å². The lowest BCUT2D eigenvalue weighted by molar-refractivity contribution is -0.116. The van der Waals surface area contributed by atoms with Crippen molar-refractivity contribution in [3.05, 3.63) is 77.8 Å². The van der Waals surface area contributed by atoms with Gasteiger partial charge in [-0.05, 0) is 48.9 Å². The SMILES string of the molecule is O=C(CCCOc1ccccc1)Nc1ccc2nc(-c3cccc(Cl)c3)oc2c1. The van der Waals surface area contributed by atoms with Gasteiger partial charge in [0, 0.05) is 28.8 Å². The fourth-order valence-electron chi connectivity index (χ4n) is 2.91. The lowest BCUT2D eigenvalue weighted by atomic mass is 10.2. The minimum Gasteiger partial charge on any atom is -0.494 e. The second kappa shape index (κ2) is 8.80. The Morgan fingerprint density at radius 2 is 1.90 bits per heavy atom. The number of fused-ring (bicyclic) bond motifs is 1. The predicted molar refractivity (Wildman–Crippen MR) is 114 cm³/mol. The molecule has 5 nitrogen and oxygen atoms in total. The van der Waals surface area contributed by atoms with E-state index in [9.17, 15) is 4.79 Å². The van der Waals surface area contributed by atoms with Crippen LogP contribution in [0.5, 0.6) is 5.75 Å². The molecule has 0 bridgehead atoms. The lowest BCUT2D eigenvalue weighted by Crippen LogP contribution is -2.12. The molecule has 146 valence electrons. The van der Waals surface area contributed by atoms with E-state index in [1.807, 2.05) is 54.6 Å². The first kappa shape index (κ1) is 19.0. The number of amides is 1. The van der Waals surface area contributed by atoms with Crippen LogP contribution in [0.1, 0.15) is 12.8 Å². The van der Waals surface area contributed by atoms with E-state index in [0.717, 1.165) is 11.3 Å². The maximum atomic E-state index is 12.2. The van der Waals surface area contributed by atoms with E-state index in [-0.39, 0.29) is 5.91 Å². The van der Waals surface area contributed by atoms with Crippen molar-refractivity contribution in [2.75, 3.05) is 11.9 Å². The molecule has 6 heteroatoms. The third kappa shape index (κ3) is 4.95. The molecule has 1 N–H and O–H groups in total. The van der Waals surface area contributed by atoms with E-state index >= 15 is 0 Å². The van der Waals surface area contributed by atoms with Gasteiger partial charge in [-0.3, -0.25) is 4.79 Å². The number of carbonyl (C=O) groups is 1. The highest BCUT2D eigenvalue weighted by molar-refractivity contribution is 6.30. The fraction of sp³-hybridized carbons (Fsp3) is 0.130. The van der Waals surface area contributed by atoms with Gasteiger partial charge in [0.05, 0.1) is 6.61 Å². The van der Waals surface area contributed by atoms with Crippen LogP contribution in [0.15, 0.2) is 77.2 Å². The number of ether oxygens (including phenoxy) is 1. The van der Waals surface area contributed by atoms with Crippen molar-refractivity contribution in [1.29, 1.82) is 0 Å². The largest absolute Gasteiger partial charge is 0.494 e.